The van der Waals surface area contributed by atoms with Crippen molar-refractivity contribution in [1.29, 1.82) is 0 Å². The number of rotatable bonds is 5. The van der Waals surface area contributed by atoms with Crippen LogP contribution in [0.5, 0.6) is 0 Å². The van der Waals surface area contributed by atoms with Crippen molar-refractivity contribution >= 4 is 16.3 Å². The average molecular weight is 248 g/mol. The van der Waals surface area contributed by atoms with E-state index in [4.69, 9.17) is 0 Å². The first-order valence-electron chi connectivity index (χ1n) is 5.35. The molecule has 0 radical (unpaired) electrons. The van der Waals surface area contributed by atoms with Crippen molar-refractivity contribution in [3.05, 3.63) is 0 Å². The van der Waals surface area contributed by atoms with Crippen LogP contribution in [0.3, 0.4) is 0 Å². The van der Waals surface area contributed by atoms with E-state index in [2.05, 4.69) is 0 Å². The molecule has 1 saturated heterocycles. The topological polar surface area (TPSA) is 57.7 Å². The van der Waals surface area contributed by atoms with E-state index in [1.807, 2.05) is 19.0 Å². The molecule has 16 heavy (non-hydrogen) atoms. The van der Waals surface area contributed by atoms with E-state index in [0.717, 1.165) is 19.3 Å². The molecule has 0 amide bonds. The quantitative estimate of drug-likeness (QED) is 0.632. The lowest BCUT2D eigenvalue weighted by atomic mass is 9.85. The van der Waals surface area contributed by atoms with Gasteiger partial charge in [0.05, 0.1) is 6.26 Å². The summed E-state index contributed by atoms with van der Waals surface area (Å²) >= 11 is 0. The van der Waals surface area contributed by atoms with E-state index in [0.29, 0.717) is 19.5 Å². The van der Waals surface area contributed by atoms with Crippen molar-refractivity contribution in [3.8, 4) is 0 Å². The van der Waals surface area contributed by atoms with Gasteiger partial charge in [-0.2, -0.15) is 0 Å². The molecule has 1 fully saturated rings. The molecule has 1 aliphatic rings. The molecule has 0 saturated carbocycles. The van der Waals surface area contributed by atoms with E-state index < -0.39 is 15.4 Å². The molecule has 0 spiro atoms. The molecule has 1 aliphatic heterocycles. The molecular weight excluding hydrogens is 228 g/mol. The van der Waals surface area contributed by atoms with Gasteiger partial charge in [-0.15, -0.1) is 0 Å². The predicted molar refractivity (Wildman–Crippen MR) is 62.7 cm³/mol. The van der Waals surface area contributed by atoms with Crippen LogP contribution in [-0.4, -0.2) is 63.9 Å². The second-order valence-electron chi connectivity index (χ2n) is 4.88. The summed E-state index contributed by atoms with van der Waals surface area (Å²) in [5.41, 5.74) is -0.479. The fraction of sp³-hybridized carbons (Fsp3) is 0.900. The Bertz CT molecular complexity index is 353. The highest BCUT2D eigenvalue weighted by Gasteiger charge is 2.40. The molecule has 0 aromatic rings. The molecule has 0 bridgehead atoms. The van der Waals surface area contributed by atoms with E-state index >= 15 is 0 Å². The Morgan fingerprint density at radius 3 is 2.44 bits per heavy atom. The fourth-order valence-corrected chi connectivity index (χ4v) is 2.86. The second kappa shape index (κ2) is 4.81. The molecule has 0 aromatic carbocycles. The minimum absolute atomic E-state index is 0.336. The molecule has 0 aromatic heterocycles. The number of hydrogen-bond donors (Lipinski definition) is 0. The molecule has 1 unspecified atom stereocenters. The Morgan fingerprint density at radius 2 is 2.06 bits per heavy atom. The van der Waals surface area contributed by atoms with Crippen LogP contribution in [0.4, 0.5) is 0 Å². The summed E-state index contributed by atoms with van der Waals surface area (Å²) in [5.74, 6) is 0. The van der Waals surface area contributed by atoms with E-state index in [1.165, 1.54) is 10.6 Å². The van der Waals surface area contributed by atoms with Crippen LogP contribution < -0.4 is 0 Å². The number of carbonyl (C=O) groups is 1. The maximum Gasteiger partial charge on any atom is 0.211 e. The van der Waals surface area contributed by atoms with Crippen LogP contribution in [0.15, 0.2) is 0 Å². The monoisotopic (exact) mass is 248 g/mol. The Morgan fingerprint density at radius 1 is 1.44 bits per heavy atom. The van der Waals surface area contributed by atoms with Gasteiger partial charge in [-0.05, 0) is 33.5 Å². The maximum absolute atomic E-state index is 11.4. The Hall–Kier alpha value is -0.460. The van der Waals surface area contributed by atoms with Crippen molar-refractivity contribution in [3.63, 3.8) is 0 Å². The minimum Gasteiger partial charge on any atom is -0.309 e. The van der Waals surface area contributed by atoms with E-state index in [-0.39, 0.29) is 0 Å². The molecule has 6 heteroatoms. The summed E-state index contributed by atoms with van der Waals surface area (Å²) in [6, 6.07) is 0. The van der Waals surface area contributed by atoms with Gasteiger partial charge in [-0.3, -0.25) is 0 Å². The summed E-state index contributed by atoms with van der Waals surface area (Å²) in [4.78, 5) is 13.2. The Kier molecular flexibility index (Phi) is 4.09. The van der Waals surface area contributed by atoms with E-state index in [1.54, 1.807) is 0 Å². The first kappa shape index (κ1) is 13.6. The summed E-state index contributed by atoms with van der Waals surface area (Å²) in [6.45, 7) is 1.60. The average Bonchev–Trinajstić information content (AvgIpc) is 2.59. The van der Waals surface area contributed by atoms with Gasteiger partial charge in [-0.25, -0.2) is 12.7 Å². The number of sulfonamides is 1. The van der Waals surface area contributed by atoms with Crippen LogP contribution in [0.1, 0.15) is 12.8 Å². The zero-order valence-corrected chi connectivity index (χ0v) is 11.0. The van der Waals surface area contributed by atoms with Crippen molar-refractivity contribution in [1.82, 2.24) is 9.21 Å². The minimum atomic E-state index is -3.16. The third-order valence-electron chi connectivity index (χ3n) is 3.13. The van der Waals surface area contributed by atoms with Crippen molar-refractivity contribution in [2.75, 3.05) is 40.0 Å². The lowest BCUT2D eigenvalue weighted by molar-refractivity contribution is -0.115. The van der Waals surface area contributed by atoms with E-state index in [9.17, 15) is 13.2 Å². The molecular formula is C10H20N2O3S. The first-order valence-corrected chi connectivity index (χ1v) is 7.20. The third-order valence-corrected chi connectivity index (χ3v) is 4.38. The molecule has 1 heterocycles. The Balaban J connectivity index is 2.68. The number of hydrogen-bond acceptors (Lipinski definition) is 4. The summed E-state index contributed by atoms with van der Waals surface area (Å²) < 4.78 is 24.1. The predicted octanol–water partition coefficient (Wildman–Crippen LogP) is -0.211. The second-order valence-corrected chi connectivity index (χ2v) is 6.86. The van der Waals surface area contributed by atoms with Crippen molar-refractivity contribution in [2.24, 2.45) is 5.41 Å². The lowest BCUT2D eigenvalue weighted by Gasteiger charge is -2.24. The highest BCUT2D eigenvalue weighted by Crippen LogP contribution is 2.33. The number of aldehydes is 1. The van der Waals surface area contributed by atoms with Gasteiger partial charge in [0, 0.05) is 18.5 Å². The SMILES string of the molecule is CN(C)CCC1(C=O)CCN(S(C)(=O)=O)C1. The van der Waals surface area contributed by atoms with Crippen LogP contribution in [-0.2, 0) is 14.8 Å². The molecule has 1 rings (SSSR count). The van der Waals surface area contributed by atoms with Gasteiger partial charge < -0.3 is 9.69 Å². The summed E-state index contributed by atoms with van der Waals surface area (Å²) in [5, 5.41) is 0. The standard InChI is InChI=1S/C10H20N2O3S/c1-11(2)6-4-10(9-13)5-7-12(8-10)16(3,14)15/h9H,4-8H2,1-3H3. The van der Waals surface area contributed by atoms with Crippen molar-refractivity contribution < 1.29 is 13.2 Å². The van der Waals surface area contributed by atoms with Gasteiger partial charge in [0.1, 0.15) is 6.29 Å². The van der Waals surface area contributed by atoms with Gasteiger partial charge in [0.2, 0.25) is 10.0 Å². The molecule has 5 nitrogen and oxygen atoms in total. The molecule has 0 N–H and O–H groups in total. The maximum atomic E-state index is 11.4. The number of carbonyl (C=O) groups excluding carboxylic acids is 1. The highest BCUT2D eigenvalue weighted by molar-refractivity contribution is 7.88. The Labute approximate surface area is 97.5 Å². The zero-order valence-electron chi connectivity index (χ0n) is 10.1. The van der Waals surface area contributed by atoms with Crippen molar-refractivity contribution in [2.45, 2.75) is 12.8 Å². The van der Waals surface area contributed by atoms with Gasteiger partial charge in [0.15, 0.2) is 0 Å². The zero-order chi connectivity index (χ0) is 12.4. The lowest BCUT2D eigenvalue weighted by Crippen LogP contribution is -2.34. The van der Waals surface area contributed by atoms with Gasteiger partial charge in [-0.1, -0.05) is 0 Å². The first-order chi connectivity index (χ1) is 7.29. The van der Waals surface area contributed by atoms with Crippen LogP contribution in [0, 0.1) is 5.41 Å². The summed E-state index contributed by atoms with van der Waals surface area (Å²) in [7, 11) is 0.731. The highest BCUT2D eigenvalue weighted by atomic mass is 32.2. The normalized spacial score (nSPS) is 27.5. The molecule has 0 aliphatic carbocycles. The molecule has 1 atom stereocenters. The van der Waals surface area contributed by atoms with Crippen LogP contribution >= 0.6 is 0 Å². The third kappa shape index (κ3) is 3.26. The van der Waals surface area contributed by atoms with Crippen LogP contribution in [0.25, 0.3) is 0 Å². The largest absolute Gasteiger partial charge is 0.309 e. The number of nitrogens with zero attached hydrogens (tertiary/aromatic N) is 2. The fourth-order valence-electron chi connectivity index (χ4n) is 1.95. The molecule has 94 valence electrons. The van der Waals surface area contributed by atoms with Gasteiger partial charge in [0.25, 0.3) is 0 Å². The van der Waals surface area contributed by atoms with Crippen LogP contribution in [0.2, 0.25) is 0 Å². The van der Waals surface area contributed by atoms with Gasteiger partial charge >= 0.3 is 0 Å². The summed E-state index contributed by atoms with van der Waals surface area (Å²) in [6.07, 6.45) is 3.48. The smallest absolute Gasteiger partial charge is 0.211 e.